The van der Waals surface area contributed by atoms with Crippen LogP contribution in [0.2, 0.25) is 0 Å². The molecule has 3 atom stereocenters. The highest BCUT2D eigenvalue weighted by Gasteiger charge is 2.29. The standard InChI is InChI=1S/C12H23ClN2/c1-10-12(13)4-3-6-15(10)9-11-5-7-14(2)8-11/h10-12H,3-9H2,1-2H3. The van der Waals surface area contributed by atoms with Gasteiger partial charge in [0.05, 0.1) is 0 Å². The third kappa shape index (κ3) is 2.86. The lowest BCUT2D eigenvalue weighted by atomic mass is 10.00. The number of hydrogen-bond acceptors (Lipinski definition) is 2. The molecule has 0 aromatic rings. The zero-order chi connectivity index (χ0) is 10.8. The van der Waals surface area contributed by atoms with E-state index in [1.165, 1.54) is 45.4 Å². The smallest absolute Gasteiger partial charge is 0.0489 e. The summed E-state index contributed by atoms with van der Waals surface area (Å²) < 4.78 is 0. The lowest BCUT2D eigenvalue weighted by molar-refractivity contribution is 0.140. The van der Waals surface area contributed by atoms with Crippen LogP contribution in [0.5, 0.6) is 0 Å². The van der Waals surface area contributed by atoms with E-state index in [0.717, 1.165) is 5.92 Å². The van der Waals surface area contributed by atoms with Crippen LogP contribution in [0, 0.1) is 5.92 Å². The van der Waals surface area contributed by atoms with Crippen LogP contribution in [-0.4, -0.2) is 54.4 Å². The van der Waals surface area contributed by atoms with E-state index in [4.69, 9.17) is 11.6 Å². The van der Waals surface area contributed by atoms with E-state index >= 15 is 0 Å². The van der Waals surface area contributed by atoms with Gasteiger partial charge in [0.15, 0.2) is 0 Å². The van der Waals surface area contributed by atoms with Crippen molar-refractivity contribution in [2.75, 3.05) is 33.2 Å². The van der Waals surface area contributed by atoms with Crippen LogP contribution in [0.4, 0.5) is 0 Å². The van der Waals surface area contributed by atoms with Gasteiger partial charge in [-0.25, -0.2) is 0 Å². The SMILES string of the molecule is CC1C(Cl)CCCN1CC1CCN(C)C1. The van der Waals surface area contributed by atoms with Gasteiger partial charge in [0, 0.05) is 24.5 Å². The van der Waals surface area contributed by atoms with Crippen molar-refractivity contribution in [1.29, 1.82) is 0 Å². The second-order valence-corrected chi connectivity index (χ2v) is 5.87. The normalized spacial score (nSPS) is 39.8. The van der Waals surface area contributed by atoms with Crippen LogP contribution in [0.1, 0.15) is 26.2 Å². The maximum Gasteiger partial charge on any atom is 0.0489 e. The Morgan fingerprint density at radius 1 is 1.27 bits per heavy atom. The van der Waals surface area contributed by atoms with Crippen molar-refractivity contribution in [3.8, 4) is 0 Å². The Balaban J connectivity index is 1.82. The Kier molecular flexibility index (Phi) is 3.92. The lowest BCUT2D eigenvalue weighted by Crippen LogP contribution is -2.46. The highest BCUT2D eigenvalue weighted by molar-refractivity contribution is 6.21. The number of nitrogens with zero attached hydrogens (tertiary/aromatic N) is 2. The van der Waals surface area contributed by atoms with Crippen molar-refractivity contribution < 1.29 is 0 Å². The topological polar surface area (TPSA) is 6.48 Å². The predicted molar refractivity (Wildman–Crippen MR) is 65.5 cm³/mol. The van der Waals surface area contributed by atoms with Gasteiger partial charge < -0.3 is 4.90 Å². The summed E-state index contributed by atoms with van der Waals surface area (Å²) in [4.78, 5) is 5.04. The van der Waals surface area contributed by atoms with Crippen molar-refractivity contribution >= 4 is 11.6 Å². The summed E-state index contributed by atoms with van der Waals surface area (Å²) in [6.45, 7) is 7.35. The quantitative estimate of drug-likeness (QED) is 0.670. The van der Waals surface area contributed by atoms with E-state index < -0.39 is 0 Å². The van der Waals surface area contributed by atoms with Gasteiger partial charge in [-0.1, -0.05) is 0 Å². The Labute approximate surface area is 98.6 Å². The number of halogens is 1. The maximum atomic E-state index is 6.32. The highest BCUT2D eigenvalue weighted by atomic mass is 35.5. The van der Waals surface area contributed by atoms with Crippen LogP contribution < -0.4 is 0 Å². The molecule has 3 heteroatoms. The van der Waals surface area contributed by atoms with Crippen LogP contribution in [0.3, 0.4) is 0 Å². The first-order valence-electron chi connectivity index (χ1n) is 6.23. The number of alkyl halides is 1. The molecule has 2 aliphatic heterocycles. The molecule has 2 aliphatic rings. The molecule has 2 fully saturated rings. The minimum Gasteiger partial charge on any atom is -0.306 e. The van der Waals surface area contributed by atoms with Crippen LogP contribution in [0.15, 0.2) is 0 Å². The van der Waals surface area contributed by atoms with Gasteiger partial charge in [0.2, 0.25) is 0 Å². The third-order valence-corrected chi connectivity index (χ3v) is 4.59. The molecule has 0 aromatic heterocycles. The predicted octanol–water partition coefficient (Wildman–Crippen LogP) is 2.03. The zero-order valence-electron chi connectivity index (χ0n) is 9.95. The molecule has 15 heavy (non-hydrogen) atoms. The molecule has 0 spiro atoms. The summed E-state index contributed by atoms with van der Waals surface area (Å²) in [5, 5.41) is 0.373. The fourth-order valence-electron chi connectivity index (χ4n) is 2.93. The molecule has 0 amide bonds. The first-order valence-corrected chi connectivity index (χ1v) is 6.67. The van der Waals surface area contributed by atoms with Crippen molar-refractivity contribution in [2.45, 2.75) is 37.6 Å². The minimum atomic E-state index is 0.373. The first-order chi connectivity index (χ1) is 7.16. The average molecular weight is 231 g/mol. The molecule has 2 rings (SSSR count). The number of hydrogen-bond donors (Lipinski definition) is 0. The van der Waals surface area contributed by atoms with E-state index in [-0.39, 0.29) is 0 Å². The minimum absolute atomic E-state index is 0.373. The van der Waals surface area contributed by atoms with Crippen LogP contribution >= 0.6 is 11.6 Å². The van der Waals surface area contributed by atoms with E-state index in [9.17, 15) is 0 Å². The molecule has 0 radical (unpaired) electrons. The van der Waals surface area contributed by atoms with E-state index in [1.54, 1.807) is 0 Å². The molecule has 88 valence electrons. The molecule has 0 N–H and O–H groups in total. The second kappa shape index (κ2) is 5.03. The summed E-state index contributed by atoms with van der Waals surface area (Å²) in [5.41, 5.74) is 0. The summed E-state index contributed by atoms with van der Waals surface area (Å²) in [6.07, 6.45) is 3.84. The Hall–Kier alpha value is 0.210. The Bertz CT molecular complexity index is 210. The largest absolute Gasteiger partial charge is 0.306 e. The van der Waals surface area contributed by atoms with Crippen LogP contribution in [-0.2, 0) is 0 Å². The lowest BCUT2D eigenvalue weighted by Gasteiger charge is -2.38. The number of piperidine rings is 1. The average Bonchev–Trinajstić information content (AvgIpc) is 2.59. The summed E-state index contributed by atoms with van der Waals surface area (Å²) in [7, 11) is 2.23. The van der Waals surface area contributed by atoms with Crippen molar-refractivity contribution in [1.82, 2.24) is 9.80 Å². The van der Waals surface area contributed by atoms with E-state index in [2.05, 4.69) is 23.8 Å². The Morgan fingerprint density at radius 2 is 2.07 bits per heavy atom. The summed E-state index contributed by atoms with van der Waals surface area (Å²) >= 11 is 6.32. The van der Waals surface area contributed by atoms with Gasteiger partial charge in [0.1, 0.15) is 0 Å². The molecule has 3 unspecified atom stereocenters. The van der Waals surface area contributed by atoms with E-state index in [1.807, 2.05) is 0 Å². The van der Waals surface area contributed by atoms with E-state index in [0.29, 0.717) is 11.4 Å². The number of rotatable bonds is 2. The summed E-state index contributed by atoms with van der Waals surface area (Å²) in [5.74, 6) is 0.874. The number of likely N-dealkylation sites (tertiary alicyclic amines) is 2. The van der Waals surface area contributed by atoms with Gasteiger partial charge in [0.25, 0.3) is 0 Å². The zero-order valence-corrected chi connectivity index (χ0v) is 10.7. The molecule has 0 aliphatic carbocycles. The first kappa shape index (κ1) is 11.7. The third-order valence-electron chi connectivity index (χ3n) is 4.01. The van der Waals surface area contributed by atoms with Crippen molar-refractivity contribution in [3.05, 3.63) is 0 Å². The fraction of sp³-hybridized carbons (Fsp3) is 1.00. The van der Waals surface area contributed by atoms with Crippen molar-refractivity contribution in [2.24, 2.45) is 5.92 Å². The van der Waals surface area contributed by atoms with Crippen molar-refractivity contribution in [3.63, 3.8) is 0 Å². The molecular weight excluding hydrogens is 208 g/mol. The maximum absolute atomic E-state index is 6.32. The molecule has 0 aromatic carbocycles. The Morgan fingerprint density at radius 3 is 2.73 bits per heavy atom. The summed E-state index contributed by atoms with van der Waals surface area (Å²) in [6, 6.07) is 0.575. The van der Waals surface area contributed by atoms with Gasteiger partial charge in [-0.15, -0.1) is 11.6 Å². The molecule has 2 heterocycles. The second-order valence-electron chi connectivity index (χ2n) is 5.31. The van der Waals surface area contributed by atoms with Gasteiger partial charge >= 0.3 is 0 Å². The van der Waals surface area contributed by atoms with Crippen LogP contribution in [0.25, 0.3) is 0 Å². The van der Waals surface area contributed by atoms with Gasteiger partial charge in [-0.3, -0.25) is 4.90 Å². The molecular formula is C12H23ClN2. The molecule has 0 bridgehead atoms. The van der Waals surface area contributed by atoms with Gasteiger partial charge in [-0.2, -0.15) is 0 Å². The molecule has 0 saturated carbocycles. The molecule has 2 nitrogen and oxygen atoms in total. The monoisotopic (exact) mass is 230 g/mol. The fourth-order valence-corrected chi connectivity index (χ4v) is 3.24. The highest BCUT2D eigenvalue weighted by Crippen LogP contribution is 2.25. The molecule has 2 saturated heterocycles. The van der Waals surface area contributed by atoms with Gasteiger partial charge in [-0.05, 0) is 52.2 Å².